The smallest absolute Gasteiger partial charge is 0.128 e. The number of benzene rings is 4. The summed E-state index contributed by atoms with van der Waals surface area (Å²) in [5, 5.41) is 24.2. The van der Waals surface area contributed by atoms with E-state index >= 15 is 0 Å². The fourth-order valence-electron chi connectivity index (χ4n) is 5.35. The van der Waals surface area contributed by atoms with Crippen molar-refractivity contribution in [3.05, 3.63) is 94.0 Å². The van der Waals surface area contributed by atoms with E-state index in [1.807, 2.05) is 74.5 Å². The number of nitrogens with zero attached hydrogens (tertiary/aromatic N) is 4. The summed E-state index contributed by atoms with van der Waals surface area (Å²) in [6.45, 7) is 7.16. The third kappa shape index (κ3) is 6.03. The molecule has 4 aromatic rings. The van der Waals surface area contributed by atoms with E-state index in [9.17, 15) is 10.2 Å². The number of phenols is 2. The topological polar surface area (TPSA) is 71.7 Å². The molecule has 1 aliphatic heterocycles. The van der Waals surface area contributed by atoms with E-state index in [1.54, 1.807) is 12.4 Å². The highest BCUT2D eigenvalue weighted by molar-refractivity contribution is 6.04. The van der Waals surface area contributed by atoms with E-state index < -0.39 is 0 Å². The lowest BCUT2D eigenvalue weighted by atomic mass is 10.0. The second-order valence-corrected chi connectivity index (χ2v) is 10.7. The van der Waals surface area contributed by atoms with E-state index in [-0.39, 0.29) is 11.5 Å². The highest BCUT2D eigenvalue weighted by Gasteiger charge is 2.14. The first-order chi connectivity index (χ1) is 18.8. The van der Waals surface area contributed by atoms with Crippen LogP contribution in [0.2, 0.25) is 0 Å². The van der Waals surface area contributed by atoms with Crippen molar-refractivity contribution in [2.75, 3.05) is 27.2 Å². The van der Waals surface area contributed by atoms with Gasteiger partial charge in [-0.3, -0.25) is 9.98 Å². The van der Waals surface area contributed by atoms with Crippen LogP contribution in [0, 0.1) is 13.8 Å². The van der Waals surface area contributed by atoms with Gasteiger partial charge in [0.25, 0.3) is 0 Å². The predicted molar refractivity (Wildman–Crippen MR) is 161 cm³/mol. The number of fused-ring (bicyclic) bond motifs is 4. The summed E-state index contributed by atoms with van der Waals surface area (Å²) >= 11 is 0. The SMILES string of the molecule is Cc1cc2c(O)c(c1)CN(C)CCCN(C)Cc1cc(C)cc(c1O)C=Nc1cccc3cccc(c13)N=C2. The van der Waals surface area contributed by atoms with Crippen molar-refractivity contribution < 1.29 is 10.2 Å². The second kappa shape index (κ2) is 11.4. The number of phenolic OH excluding ortho intramolecular Hbond substituents is 2. The van der Waals surface area contributed by atoms with Crippen LogP contribution in [0.1, 0.15) is 39.8 Å². The molecule has 0 aromatic heterocycles. The zero-order valence-corrected chi connectivity index (χ0v) is 23.1. The maximum absolute atomic E-state index is 11.1. The molecule has 0 spiro atoms. The minimum absolute atomic E-state index is 0.269. The van der Waals surface area contributed by atoms with Crippen molar-refractivity contribution in [1.82, 2.24) is 9.80 Å². The molecule has 6 heteroatoms. The van der Waals surface area contributed by atoms with E-state index in [2.05, 4.69) is 23.9 Å². The van der Waals surface area contributed by atoms with Gasteiger partial charge >= 0.3 is 0 Å². The number of rotatable bonds is 0. The Morgan fingerprint density at radius 1 is 0.667 bits per heavy atom. The molecule has 0 radical (unpaired) electrons. The van der Waals surface area contributed by atoms with Crippen molar-refractivity contribution in [1.29, 1.82) is 0 Å². The number of aliphatic imine (C=N–C) groups is 2. The second-order valence-electron chi connectivity index (χ2n) is 10.7. The number of hydrogen-bond donors (Lipinski definition) is 2. The summed E-state index contributed by atoms with van der Waals surface area (Å²) in [4.78, 5) is 14.1. The zero-order chi connectivity index (χ0) is 27.5. The monoisotopic (exact) mass is 520 g/mol. The van der Waals surface area contributed by atoms with Crippen LogP contribution in [-0.4, -0.2) is 59.6 Å². The van der Waals surface area contributed by atoms with E-state index in [1.165, 1.54) is 0 Å². The number of aryl methyl sites for hydroxylation is 2. The summed E-state index contributed by atoms with van der Waals surface area (Å²) in [7, 11) is 4.16. The summed E-state index contributed by atoms with van der Waals surface area (Å²) in [5.41, 5.74) is 6.88. The Labute approximate surface area is 230 Å². The van der Waals surface area contributed by atoms with Crippen LogP contribution in [0.3, 0.4) is 0 Å². The summed E-state index contributed by atoms with van der Waals surface area (Å²) in [5.74, 6) is 0.538. The highest BCUT2D eigenvalue weighted by atomic mass is 16.3. The fraction of sp³-hybridized carbons (Fsp3) is 0.273. The highest BCUT2D eigenvalue weighted by Crippen LogP contribution is 2.35. The maximum Gasteiger partial charge on any atom is 0.128 e. The van der Waals surface area contributed by atoms with Gasteiger partial charge < -0.3 is 20.0 Å². The molecule has 1 heterocycles. The van der Waals surface area contributed by atoms with Crippen LogP contribution in [0.25, 0.3) is 10.8 Å². The molecule has 0 aliphatic carbocycles. The Bertz CT molecular complexity index is 1460. The van der Waals surface area contributed by atoms with Crippen molar-refractivity contribution in [2.24, 2.45) is 9.98 Å². The predicted octanol–water partition coefficient (Wildman–Crippen LogP) is 6.64. The first-order valence-electron chi connectivity index (χ1n) is 13.4. The molecule has 0 saturated heterocycles. The summed E-state index contributed by atoms with van der Waals surface area (Å²) in [6, 6.07) is 20.0. The van der Waals surface area contributed by atoms with Crippen molar-refractivity contribution in [2.45, 2.75) is 33.4 Å². The van der Waals surface area contributed by atoms with Crippen LogP contribution in [0.15, 0.2) is 70.6 Å². The fourth-order valence-corrected chi connectivity index (χ4v) is 5.35. The summed E-state index contributed by atoms with van der Waals surface area (Å²) < 4.78 is 0. The molecule has 0 fully saturated rings. The number of aromatic hydroxyl groups is 2. The Balaban J connectivity index is 1.65. The first-order valence-corrected chi connectivity index (χ1v) is 13.4. The number of hydrogen-bond acceptors (Lipinski definition) is 6. The average Bonchev–Trinajstić information content (AvgIpc) is 2.90. The van der Waals surface area contributed by atoms with E-state index in [0.29, 0.717) is 24.2 Å². The van der Waals surface area contributed by atoms with Gasteiger partial charge in [-0.2, -0.15) is 0 Å². The molecule has 0 amide bonds. The molecule has 0 atom stereocenters. The van der Waals surface area contributed by atoms with Crippen LogP contribution in [-0.2, 0) is 13.1 Å². The lowest BCUT2D eigenvalue weighted by molar-refractivity contribution is 0.266. The lowest BCUT2D eigenvalue weighted by Crippen LogP contribution is -2.25. The molecule has 2 N–H and O–H groups in total. The average molecular weight is 521 g/mol. The molecular weight excluding hydrogens is 484 g/mol. The van der Waals surface area contributed by atoms with E-state index in [4.69, 9.17) is 9.98 Å². The van der Waals surface area contributed by atoms with Crippen LogP contribution < -0.4 is 0 Å². The van der Waals surface area contributed by atoms with Crippen LogP contribution in [0.4, 0.5) is 11.4 Å². The Morgan fingerprint density at radius 3 is 1.59 bits per heavy atom. The van der Waals surface area contributed by atoms with Gasteiger partial charge in [0.1, 0.15) is 11.5 Å². The quantitative estimate of drug-likeness (QED) is 0.273. The van der Waals surface area contributed by atoms with Crippen LogP contribution in [0.5, 0.6) is 11.5 Å². The van der Waals surface area contributed by atoms with Crippen molar-refractivity contribution in [3.8, 4) is 11.5 Å². The molecule has 4 aromatic carbocycles. The molecule has 1 aliphatic rings. The van der Waals surface area contributed by atoms with Gasteiger partial charge in [0, 0.05) is 53.2 Å². The van der Waals surface area contributed by atoms with Gasteiger partial charge in [-0.1, -0.05) is 36.4 Å². The molecule has 39 heavy (non-hydrogen) atoms. The first kappa shape index (κ1) is 26.6. The zero-order valence-electron chi connectivity index (χ0n) is 23.1. The van der Waals surface area contributed by atoms with Gasteiger partial charge in [-0.05, 0) is 88.2 Å². The maximum atomic E-state index is 11.1. The molecule has 6 nitrogen and oxygen atoms in total. The largest absolute Gasteiger partial charge is 0.507 e. The standard InChI is InChI=1S/C33H36N4O2/c1-22-14-25-18-34-29-10-5-8-24-9-6-11-30(31(24)29)35-19-26-15-23(2)17-28(33(26)39)21-37(4)13-7-12-36(3)20-27(16-22)32(25)38/h5-6,8-11,14-19,38-39H,7,12-13,20-21H2,1-4H3. The van der Waals surface area contributed by atoms with Crippen molar-refractivity contribution in [3.63, 3.8) is 0 Å². The normalized spacial score (nSPS) is 15.5. The minimum Gasteiger partial charge on any atom is -0.507 e. The Morgan fingerprint density at radius 2 is 1.13 bits per heavy atom. The minimum atomic E-state index is 0.269. The molecular formula is C33H36N4O2. The van der Waals surface area contributed by atoms with Crippen molar-refractivity contribution >= 4 is 34.6 Å². The molecule has 5 rings (SSSR count). The third-order valence-electron chi connectivity index (χ3n) is 7.23. The molecule has 0 unspecified atom stereocenters. The summed E-state index contributed by atoms with van der Waals surface area (Å²) in [6.07, 6.45) is 4.45. The van der Waals surface area contributed by atoms with Gasteiger partial charge in [0.05, 0.1) is 11.4 Å². The molecule has 4 bridgehead atoms. The molecule has 0 saturated carbocycles. The Kier molecular flexibility index (Phi) is 7.77. The molecule has 200 valence electrons. The van der Waals surface area contributed by atoms with Gasteiger partial charge in [-0.25, -0.2) is 0 Å². The third-order valence-corrected chi connectivity index (χ3v) is 7.23. The Hall–Kier alpha value is -4.00. The van der Waals surface area contributed by atoms with Crippen LogP contribution >= 0.6 is 0 Å². The van der Waals surface area contributed by atoms with Gasteiger partial charge in [-0.15, -0.1) is 0 Å². The van der Waals surface area contributed by atoms with E-state index in [0.717, 1.165) is 63.9 Å². The van der Waals surface area contributed by atoms with Gasteiger partial charge in [0.2, 0.25) is 0 Å². The lowest BCUT2D eigenvalue weighted by Gasteiger charge is -2.22. The van der Waals surface area contributed by atoms with Gasteiger partial charge in [0.15, 0.2) is 0 Å².